The van der Waals surface area contributed by atoms with Gasteiger partial charge in [0, 0.05) is 25.9 Å². The van der Waals surface area contributed by atoms with E-state index < -0.39 is 20.7 Å². The molecule has 0 atom stereocenters. The van der Waals surface area contributed by atoms with E-state index in [2.05, 4.69) is 4.72 Å². The van der Waals surface area contributed by atoms with Crippen LogP contribution in [0.2, 0.25) is 0 Å². The highest BCUT2D eigenvalue weighted by atomic mass is 32.2. The minimum Gasteiger partial charge on any atom is -0.399 e. The quantitative estimate of drug-likeness (QED) is 0.588. The first-order chi connectivity index (χ1) is 8.88. The number of halogens is 1. The monoisotopic (exact) mass is 290 g/mol. The van der Waals surface area contributed by atoms with Crippen LogP contribution in [0.4, 0.5) is 10.1 Å². The van der Waals surface area contributed by atoms with Crippen molar-refractivity contribution in [3.63, 3.8) is 0 Å². The van der Waals surface area contributed by atoms with Gasteiger partial charge in [-0.3, -0.25) is 0 Å². The van der Waals surface area contributed by atoms with E-state index in [1.54, 1.807) is 7.11 Å². The summed E-state index contributed by atoms with van der Waals surface area (Å²) in [4.78, 5) is -0.406. The summed E-state index contributed by atoms with van der Waals surface area (Å²) in [7, 11) is -2.29. The lowest BCUT2D eigenvalue weighted by atomic mass is 10.2. The number of nitrogen functional groups attached to an aromatic ring is 1. The molecule has 0 amide bonds. The zero-order chi connectivity index (χ0) is 14.5. The molecule has 0 heterocycles. The molecule has 1 rings (SSSR count). The highest BCUT2D eigenvalue weighted by Gasteiger charge is 2.20. The van der Waals surface area contributed by atoms with E-state index in [9.17, 15) is 12.8 Å². The minimum atomic E-state index is -3.87. The third-order valence-electron chi connectivity index (χ3n) is 2.60. The molecule has 0 unspecified atom stereocenters. The second kappa shape index (κ2) is 6.83. The summed E-state index contributed by atoms with van der Waals surface area (Å²) in [6.45, 7) is 2.27. The summed E-state index contributed by atoms with van der Waals surface area (Å²) >= 11 is 0. The van der Waals surface area contributed by atoms with Crippen LogP contribution in [0.5, 0.6) is 0 Å². The van der Waals surface area contributed by atoms with Crippen molar-refractivity contribution in [1.82, 2.24) is 4.72 Å². The van der Waals surface area contributed by atoms with Gasteiger partial charge in [0.25, 0.3) is 0 Å². The van der Waals surface area contributed by atoms with Crippen LogP contribution < -0.4 is 10.5 Å². The Labute approximate surface area is 113 Å². The van der Waals surface area contributed by atoms with Crippen LogP contribution >= 0.6 is 0 Å². The van der Waals surface area contributed by atoms with Gasteiger partial charge in [-0.15, -0.1) is 0 Å². The fourth-order valence-corrected chi connectivity index (χ4v) is 2.87. The molecular formula is C12H19FN2O3S. The molecule has 7 heteroatoms. The topological polar surface area (TPSA) is 81.4 Å². The number of methoxy groups -OCH3 is 1. The Hall–Kier alpha value is -1.18. The molecule has 1 aromatic carbocycles. The molecule has 0 aliphatic rings. The van der Waals surface area contributed by atoms with Crippen molar-refractivity contribution < 1.29 is 17.5 Å². The van der Waals surface area contributed by atoms with E-state index in [0.29, 0.717) is 13.0 Å². The Morgan fingerprint density at radius 3 is 2.68 bits per heavy atom. The zero-order valence-electron chi connectivity index (χ0n) is 11.1. The fraction of sp³-hybridized carbons (Fsp3) is 0.500. The molecule has 108 valence electrons. The Balaban J connectivity index is 2.78. The number of rotatable bonds is 7. The molecule has 0 aliphatic carbocycles. The Kier molecular flexibility index (Phi) is 5.71. The van der Waals surface area contributed by atoms with Gasteiger partial charge in [0.2, 0.25) is 10.0 Å². The highest BCUT2D eigenvalue weighted by Crippen LogP contribution is 2.21. The summed E-state index contributed by atoms with van der Waals surface area (Å²) in [6, 6.07) is 2.52. The molecular weight excluding hydrogens is 271 g/mol. The van der Waals surface area contributed by atoms with Gasteiger partial charge in [-0.1, -0.05) is 0 Å². The van der Waals surface area contributed by atoms with E-state index in [0.717, 1.165) is 12.5 Å². The van der Waals surface area contributed by atoms with E-state index in [1.165, 1.54) is 13.0 Å². The third kappa shape index (κ3) is 4.45. The van der Waals surface area contributed by atoms with Crippen LogP contribution in [0.3, 0.4) is 0 Å². The van der Waals surface area contributed by atoms with Crippen LogP contribution in [0.1, 0.15) is 18.4 Å². The van der Waals surface area contributed by atoms with Crippen LogP contribution in [0.15, 0.2) is 17.0 Å². The predicted octanol–water partition coefficient (Wildman–Crippen LogP) is 1.42. The van der Waals surface area contributed by atoms with Gasteiger partial charge in [0.15, 0.2) is 0 Å². The second-order valence-electron chi connectivity index (χ2n) is 4.25. The third-order valence-corrected chi connectivity index (χ3v) is 4.06. The Morgan fingerprint density at radius 1 is 1.37 bits per heavy atom. The van der Waals surface area contributed by atoms with Crippen molar-refractivity contribution in [3.8, 4) is 0 Å². The maximum Gasteiger partial charge on any atom is 0.243 e. The van der Waals surface area contributed by atoms with Crippen molar-refractivity contribution in [1.29, 1.82) is 0 Å². The van der Waals surface area contributed by atoms with Gasteiger partial charge in [-0.2, -0.15) is 0 Å². The maximum atomic E-state index is 13.8. The Bertz CT molecular complexity index is 532. The number of hydrogen-bond acceptors (Lipinski definition) is 4. The molecule has 0 bridgehead atoms. The first-order valence-corrected chi connectivity index (χ1v) is 7.41. The molecule has 0 saturated carbocycles. The second-order valence-corrected chi connectivity index (χ2v) is 5.98. The van der Waals surface area contributed by atoms with Gasteiger partial charge in [-0.25, -0.2) is 17.5 Å². The van der Waals surface area contributed by atoms with E-state index in [1.807, 2.05) is 0 Å². The molecule has 0 spiro atoms. The zero-order valence-corrected chi connectivity index (χ0v) is 11.9. The van der Waals surface area contributed by atoms with Gasteiger partial charge in [0.1, 0.15) is 10.7 Å². The van der Waals surface area contributed by atoms with Crippen molar-refractivity contribution in [3.05, 3.63) is 23.5 Å². The molecule has 0 saturated heterocycles. The number of aryl methyl sites for hydroxylation is 1. The van der Waals surface area contributed by atoms with Crippen LogP contribution in [0, 0.1) is 12.7 Å². The number of hydrogen-bond donors (Lipinski definition) is 2. The first-order valence-electron chi connectivity index (χ1n) is 5.92. The lowest BCUT2D eigenvalue weighted by Crippen LogP contribution is -2.26. The molecule has 0 radical (unpaired) electrons. The van der Waals surface area contributed by atoms with Crippen molar-refractivity contribution in [2.24, 2.45) is 0 Å². The number of nitrogens with one attached hydrogen (secondary N) is 1. The molecule has 3 N–H and O–H groups in total. The van der Waals surface area contributed by atoms with E-state index in [4.69, 9.17) is 10.5 Å². The number of nitrogens with two attached hydrogens (primary N) is 1. The summed E-state index contributed by atoms with van der Waals surface area (Å²) in [5.41, 5.74) is 5.97. The average Bonchev–Trinajstić information content (AvgIpc) is 2.33. The number of sulfonamides is 1. The summed E-state index contributed by atoms with van der Waals surface area (Å²) < 4.78 is 44.9. The van der Waals surface area contributed by atoms with E-state index >= 15 is 0 Å². The number of ether oxygens (including phenoxy) is 1. The first kappa shape index (κ1) is 15.9. The maximum absolute atomic E-state index is 13.8. The average molecular weight is 290 g/mol. The van der Waals surface area contributed by atoms with Gasteiger partial charge < -0.3 is 10.5 Å². The van der Waals surface area contributed by atoms with Crippen LogP contribution in [0.25, 0.3) is 0 Å². The molecule has 0 fully saturated rings. The molecule has 0 aliphatic heterocycles. The SMILES string of the molecule is COCCCCNS(=O)(=O)c1cc(N)cc(C)c1F. The van der Waals surface area contributed by atoms with Crippen molar-refractivity contribution in [2.45, 2.75) is 24.7 Å². The molecule has 0 aromatic heterocycles. The largest absolute Gasteiger partial charge is 0.399 e. The molecule has 19 heavy (non-hydrogen) atoms. The number of unbranched alkanes of at least 4 members (excludes halogenated alkanes) is 1. The lowest BCUT2D eigenvalue weighted by Gasteiger charge is -2.10. The number of benzene rings is 1. The standard InChI is InChI=1S/C12H19FN2O3S/c1-9-7-10(14)8-11(12(9)13)19(16,17)15-5-3-4-6-18-2/h7-8,15H,3-6,14H2,1-2H3. The smallest absolute Gasteiger partial charge is 0.243 e. The minimum absolute atomic E-state index is 0.208. The molecule has 1 aromatic rings. The van der Waals surface area contributed by atoms with Crippen molar-refractivity contribution >= 4 is 15.7 Å². The Morgan fingerprint density at radius 2 is 2.05 bits per heavy atom. The normalized spacial score (nSPS) is 11.7. The van der Waals surface area contributed by atoms with Crippen LogP contribution in [-0.4, -0.2) is 28.7 Å². The highest BCUT2D eigenvalue weighted by molar-refractivity contribution is 7.89. The summed E-state index contributed by atoms with van der Waals surface area (Å²) in [5.74, 6) is -0.765. The molecule has 5 nitrogen and oxygen atoms in total. The van der Waals surface area contributed by atoms with E-state index in [-0.39, 0.29) is 17.8 Å². The number of anilines is 1. The van der Waals surface area contributed by atoms with Gasteiger partial charge in [-0.05, 0) is 37.5 Å². The van der Waals surface area contributed by atoms with Crippen LogP contribution in [-0.2, 0) is 14.8 Å². The lowest BCUT2D eigenvalue weighted by molar-refractivity contribution is 0.193. The predicted molar refractivity (Wildman–Crippen MR) is 71.8 cm³/mol. The van der Waals surface area contributed by atoms with Crippen molar-refractivity contribution in [2.75, 3.05) is 26.0 Å². The van der Waals surface area contributed by atoms with Gasteiger partial charge in [0.05, 0.1) is 0 Å². The van der Waals surface area contributed by atoms with Gasteiger partial charge >= 0.3 is 0 Å². The summed E-state index contributed by atoms with van der Waals surface area (Å²) in [5, 5.41) is 0. The summed E-state index contributed by atoms with van der Waals surface area (Å²) in [6.07, 6.45) is 1.35. The fourth-order valence-electron chi connectivity index (χ4n) is 1.62.